The summed E-state index contributed by atoms with van der Waals surface area (Å²) in [5.74, 6) is -2.37. The molecule has 0 bridgehead atoms. The van der Waals surface area contributed by atoms with E-state index in [2.05, 4.69) is 10.2 Å². The van der Waals surface area contributed by atoms with Crippen LogP contribution < -0.4 is 11.1 Å². The van der Waals surface area contributed by atoms with Crippen LogP contribution >= 0.6 is 0 Å². The Bertz CT molecular complexity index is 952. The van der Waals surface area contributed by atoms with Crippen molar-refractivity contribution < 1.29 is 13.6 Å². The Labute approximate surface area is 162 Å². The summed E-state index contributed by atoms with van der Waals surface area (Å²) in [4.78, 5) is 14.4. The molecule has 7 heteroatoms. The number of halogens is 2. The third-order valence-electron chi connectivity index (χ3n) is 5.22. The monoisotopic (exact) mass is 384 g/mol. The number of hydrogen-bond donors (Lipinski definition) is 3. The molecule has 2 aromatic carbocycles. The Balaban J connectivity index is 1.66. The van der Waals surface area contributed by atoms with Crippen molar-refractivity contribution in [3.05, 3.63) is 53.1 Å². The van der Waals surface area contributed by atoms with Gasteiger partial charge < -0.3 is 11.1 Å². The van der Waals surface area contributed by atoms with Crippen LogP contribution in [0.15, 0.2) is 30.3 Å². The smallest absolute Gasteiger partial charge is 0.270 e. The quantitative estimate of drug-likeness (QED) is 0.529. The molecule has 0 unspecified atom stereocenters. The lowest BCUT2D eigenvalue weighted by Crippen LogP contribution is -2.36. The summed E-state index contributed by atoms with van der Waals surface area (Å²) in [7, 11) is 0. The third kappa shape index (κ3) is 3.75. The number of benzene rings is 2. The zero-order valence-corrected chi connectivity index (χ0v) is 15.4. The first-order valence-corrected chi connectivity index (χ1v) is 9.42. The number of hydrogen-bond acceptors (Lipinski definition) is 4. The molecule has 4 N–H and O–H groups in total. The van der Waals surface area contributed by atoms with E-state index in [1.54, 1.807) is 12.1 Å². The van der Waals surface area contributed by atoms with Gasteiger partial charge in [0.2, 0.25) is 0 Å². The highest BCUT2D eigenvalue weighted by atomic mass is 19.2. The Kier molecular flexibility index (Phi) is 4.85. The van der Waals surface area contributed by atoms with Gasteiger partial charge in [-0.15, -0.1) is 0 Å². The molecule has 1 amide bonds. The molecular weight excluding hydrogens is 362 g/mol. The Hall–Kier alpha value is -2.80. The van der Waals surface area contributed by atoms with Gasteiger partial charge in [-0.3, -0.25) is 15.1 Å². The van der Waals surface area contributed by atoms with Gasteiger partial charge in [0.05, 0.1) is 0 Å². The molecule has 1 saturated carbocycles. The van der Waals surface area contributed by atoms with Gasteiger partial charge in [-0.05, 0) is 67.7 Å². The van der Waals surface area contributed by atoms with Crippen LogP contribution in [0.2, 0.25) is 0 Å². The minimum atomic E-state index is -0.947. The summed E-state index contributed by atoms with van der Waals surface area (Å²) < 4.78 is 28.7. The zero-order chi connectivity index (χ0) is 19.8. The molecule has 146 valence electrons. The summed E-state index contributed by atoms with van der Waals surface area (Å²) in [6.45, 7) is 2.47. The van der Waals surface area contributed by atoms with Crippen LogP contribution in [0.4, 0.5) is 14.5 Å². The number of nitrogens with one attached hydrogen (secondary N) is 2. The highest BCUT2D eigenvalue weighted by Gasteiger charge is 2.26. The van der Waals surface area contributed by atoms with Gasteiger partial charge in [0, 0.05) is 29.4 Å². The molecule has 1 aliphatic carbocycles. The van der Waals surface area contributed by atoms with E-state index in [9.17, 15) is 13.6 Å². The molecule has 1 heterocycles. The standard InChI is InChI=1S/C21H22F2N4O/c22-17-9-12(11-27-6-1-7-27)8-15(19(17)23)13-2-5-18(24)16(10-13)20(25)21(28)26-14-3-4-14/h2,5,8-10,14,25H,1,3-4,6-7,11,24H2,(H,26,28). The molecule has 0 spiro atoms. The number of likely N-dealkylation sites (tertiary alicyclic amines) is 1. The fourth-order valence-corrected chi connectivity index (χ4v) is 3.29. The van der Waals surface area contributed by atoms with Crippen molar-refractivity contribution in [3.63, 3.8) is 0 Å². The van der Waals surface area contributed by atoms with E-state index in [0.717, 1.165) is 32.4 Å². The minimum Gasteiger partial charge on any atom is -0.398 e. The molecule has 0 atom stereocenters. The van der Waals surface area contributed by atoms with Crippen molar-refractivity contribution in [2.75, 3.05) is 18.8 Å². The van der Waals surface area contributed by atoms with E-state index in [-0.39, 0.29) is 28.6 Å². The molecule has 1 saturated heterocycles. The number of nitrogen functional groups attached to an aromatic ring is 1. The van der Waals surface area contributed by atoms with Crippen molar-refractivity contribution in [2.24, 2.45) is 0 Å². The summed E-state index contributed by atoms with van der Waals surface area (Å²) >= 11 is 0. The van der Waals surface area contributed by atoms with Crippen LogP contribution in [0.3, 0.4) is 0 Å². The molecule has 1 aliphatic heterocycles. The van der Waals surface area contributed by atoms with Crippen LogP contribution in [0.1, 0.15) is 30.4 Å². The molecular formula is C21H22F2N4O. The second-order valence-corrected chi connectivity index (χ2v) is 7.49. The molecule has 4 rings (SSSR count). The number of nitrogens with two attached hydrogens (primary N) is 1. The van der Waals surface area contributed by atoms with Crippen molar-refractivity contribution in [1.29, 1.82) is 5.41 Å². The number of anilines is 1. The largest absolute Gasteiger partial charge is 0.398 e. The predicted octanol–water partition coefficient (Wildman–Crippen LogP) is 3.07. The summed E-state index contributed by atoms with van der Waals surface area (Å²) in [5.41, 5.74) is 7.31. The van der Waals surface area contributed by atoms with E-state index in [4.69, 9.17) is 11.1 Å². The van der Waals surface area contributed by atoms with Gasteiger partial charge in [-0.2, -0.15) is 0 Å². The van der Waals surface area contributed by atoms with Gasteiger partial charge >= 0.3 is 0 Å². The summed E-state index contributed by atoms with van der Waals surface area (Å²) in [6.07, 6.45) is 2.93. The lowest BCUT2D eigenvalue weighted by Gasteiger charge is -2.30. The maximum atomic E-state index is 14.5. The average molecular weight is 384 g/mol. The van der Waals surface area contributed by atoms with E-state index in [1.807, 2.05) is 0 Å². The number of nitrogens with zero attached hydrogens (tertiary/aromatic N) is 1. The summed E-state index contributed by atoms with van der Waals surface area (Å²) in [6, 6.07) is 7.54. The molecule has 2 fully saturated rings. The normalized spacial score (nSPS) is 16.5. The first kappa shape index (κ1) is 18.6. The Morgan fingerprint density at radius 1 is 1.21 bits per heavy atom. The first-order chi connectivity index (χ1) is 13.4. The maximum Gasteiger partial charge on any atom is 0.270 e. The van der Waals surface area contributed by atoms with Crippen LogP contribution in [0.25, 0.3) is 11.1 Å². The Morgan fingerprint density at radius 2 is 1.96 bits per heavy atom. The fraction of sp³-hybridized carbons (Fsp3) is 0.333. The van der Waals surface area contributed by atoms with Gasteiger partial charge in [-0.1, -0.05) is 6.07 Å². The van der Waals surface area contributed by atoms with E-state index >= 15 is 0 Å². The number of rotatable bonds is 6. The van der Waals surface area contributed by atoms with E-state index in [0.29, 0.717) is 17.7 Å². The highest BCUT2D eigenvalue weighted by molar-refractivity contribution is 6.45. The SMILES string of the molecule is N=C(C(=O)NC1CC1)c1cc(-c2cc(CN3CCC3)cc(F)c2F)ccc1N. The molecule has 28 heavy (non-hydrogen) atoms. The fourth-order valence-electron chi connectivity index (χ4n) is 3.29. The van der Waals surface area contributed by atoms with Gasteiger partial charge in [0.25, 0.3) is 5.91 Å². The van der Waals surface area contributed by atoms with E-state index in [1.165, 1.54) is 18.2 Å². The van der Waals surface area contributed by atoms with E-state index < -0.39 is 17.5 Å². The second-order valence-electron chi connectivity index (χ2n) is 7.49. The molecule has 0 aromatic heterocycles. The van der Waals surface area contributed by atoms with Gasteiger partial charge in [-0.25, -0.2) is 8.78 Å². The predicted molar refractivity (Wildman–Crippen MR) is 104 cm³/mol. The van der Waals surface area contributed by atoms with Crippen molar-refractivity contribution >= 4 is 17.3 Å². The highest BCUT2D eigenvalue weighted by Crippen LogP contribution is 2.30. The first-order valence-electron chi connectivity index (χ1n) is 9.42. The number of carbonyl (C=O) groups is 1. The van der Waals surface area contributed by atoms with Crippen LogP contribution in [0.5, 0.6) is 0 Å². The molecule has 2 aromatic rings. The molecule has 5 nitrogen and oxygen atoms in total. The van der Waals surface area contributed by atoms with Crippen molar-refractivity contribution in [3.8, 4) is 11.1 Å². The maximum absolute atomic E-state index is 14.5. The minimum absolute atomic E-state index is 0.104. The second kappa shape index (κ2) is 7.31. The summed E-state index contributed by atoms with van der Waals surface area (Å²) in [5, 5.41) is 10.9. The van der Waals surface area contributed by atoms with Crippen molar-refractivity contribution in [2.45, 2.75) is 31.8 Å². The zero-order valence-electron chi connectivity index (χ0n) is 15.4. The number of carbonyl (C=O) groups excluding carboxylic acids is 1. The van der Waals surface area contributed by atoms with Crippen LogP contribution in [0, 0.1) is 17.0 Å². The van der Waals surface area contributed by atoms with Gasteiger partial charge in [0.1, 0.15) is 5.71 Å². The topological polar surface area (TPSA) is 82.2 Å². The average Bonchev–Trinajstić information content (AvgIpc) is 3.45. The lowest BCUT2D eigenvalue weighted by atomic mass is 9.97. The molecule has 2 aliphatic rings. The molecule has 0 radical (unpaired) electrons. The lowest BCUT2D eigenvalue weighted by molar-refractivity contribution is -0.114. The number of amides is 1. The van der Waals surface area contributed by atoms with Crippen molar-refractivity contribution in [1.82, 2.24) is 10.2 Å². The van der Waals surface area contributed by atoms with Crippen LogP contribution in [-0.2, 0) is 11.3 Å². The van der Waals surface area contributed by atoms with Crippen LogP contribution in [-0.4, -0.2) is 35.7 Å². The van der Waals surface area contributed by atoms with Gasteiger partial charge in [0.15, 0.2) is 11.6 Å². The Morgan fingerprint density at radius 3 is 2.61 bits per heavy atom. The third-order valence-corrected chi connectivity index (χ3v) is 5.22.